The molecule has 2 aliphatic rings. The van der Waals surface area contributed by atoms with E-state index in [1.807, 2.05) is 4.90 Å². The van der Waals surface area contributed by atoms with E-state index in [9.17, 15) is 22.8 Å². The van der Waals surface area contributed by atoms with Crippen LogP contribution < -0.4 is 10.6 Å². The quantitative estimate of drug-likeness (QED) is 0.750. The minimum atomic E-state index is -4.26. The Morgan fingerprint density at radius 1 is 1.09 bits per heavy atom. The normalized spacial score (nSPS) is 19.8. The lowest BCUT2D eigenvalue weighted by Gasteiger charge is -2.16. The van der Waals surface area contributed by atoms with Gasteiger partial charge in [0.05, 0.1) is 5.56 Å². The Hall–Kier alpha value is -2.88. The molecule has 0 radical (unpaired) electrons. The van der Waals surface area contributed by atoms with Gasteiger partial charge in [-0.25, -0.2) is 4.79 Å². The largest absolute Gasteiger partial charge is 0.416 e. The van der Waals surface area contributed by atoms with Crippen molar-refractivity contribution in [3.63, 3.8) is 0 Å². The first kappa shape index (κ1) is 23.8. The molecule has 32 heavy (non-hydrogen) atoms. The molecule has 1 aromatic carbocycles. The molecule has 2 unspecified atom stereocenters. The van der Waals surface area contributed by atoms with Crippen LogP contribution in [0.15, 0.2) is 36.5 Å². The van der Waals surface area contributed by atoms with Crippen LogP contribution in [0.2, 0.25) is 0 Å². The van der Waals surface area contributed by atoms with E-state index in [1.54, 1.807) is 32.4 Å². The fourth-order valence-corrected chi connectivity index (χ4v) is 4.36. The summed E-state index contributed by atoms with van der Waals surface area (Å²) in [5.74, 6) is 1.06. The highest BCUT2D eigenvalue weighted by Crippen LogP contribution is 2.37. The molecular formula is C22H28F3N5O2. The monoisotopic (exact) mass is 451 g/mol. The van der Waals surface area contributed by atoms with Crippen LogP contribution in [0.25, 0.3) is 0 Å². The summed E-state index contributed by atoms with van der Waals surface area (Å²) in [5.41, 5.74) is -0.0166. The van der Waals surface area contributed by atoms with E-state index in [0.29, 0.717) is 11.8 Å². The molecule has 2 fully saturated rings. The van der Waals surface area contributed by atoms with Crippen molar-refractivity contribution < 1.29 is 22.8 Å². The van der Waals surface area contributed by atoms with Gasteiger partial charge in [0.15, 0.2) is 5.69 Å². The maximum absolute atomic E-state index is 12.3. The highest BCUT2D eigenvalue weighted by molar-refractivity contribution is 5.92. The zero-order valence-corrected chi connectivity index (χ0v) is 18.2. The average molecular weight is 451 g/mol. The van der Waals surface area contributed by atoms with Crippen molar-refractivity contribution in [1.29, 1.82) is 0 Å². The minimum absolute atomic E-state index is 0.121. The lowest BCUT2D eigenvalue weighted by Crippen LogP contribution is -2.34. The van der Waals surface area contributed by atoms with E-state index in [4.69, 9.17) is 0 Å². The molecule has 2 heterocycles. The third kappa shape index (κ3) is 5.48. The fourth-order valence-electron chi connectivity index (χ4n) is 4.36. The van der Waals surface area contributed by atoms with Gasteiger partial charge in [-0.3, -0.25) is 4.79 Å². The van der Waals surface area contributed by atoms with Crippen molar-refractivity contribution in [2.75, 3.05) is 27.2 Å². The number of likely N-dealkylation sites (tertiary alicyclic amines) is 1. The number of carbonyl (C=O) groups excluding carboxylic acids is 2. The average Bonchev–Trinajstić information content (AvgIpc) is 3.49. The number of hydrogen-bond donors (Lipinski definition) is 2. The van der Waals surface area contributed by atoms with Gasteiger partial charge in [-0.2, -0.15) is 23.0 Å². The van der Waals surface area contributed by atoms with E-state index < -0.39 is 11.7 Å². The first-order valence-corrected chi connectivity index (χ1v) is 10.6. The summed E-state index contributed by atoms with van der Waals surface area (Å²) in [6.45, 7) is 1.90. The molecule has 1 aliphatic heterocycles. The second-order valence-corrected chi connectivity index (χ2v) is 8.05. The number of halogens is 3. The van der Waals surface area contributed by atoms with E-state index in [2.05, 4.69) is 15.7 Å². The maximum Gasteiger partial charge on any atom is 0.416 e. The molecule has 174 valence electrons. The van der Waals surface area contributed by atoms with Gasteiger partial charge in [0.1, 0.15) is 0 Å². The molecule has 2 aromatic rings. The van der Waals surface area contributed by atoms with Gasteiger partial charge in [0.2, 0.25) is 0 Å². The van der Waals surface area contributed by atoms with Crippen molar-refractivity contribution in [1.82, 2.24) is 25.3 Å². The van der Waals surface area contributed by atoms with Crippen LogP contribution in [0.4, 0.5) is 18.0 Å². The molecule has 2 amide bonds. The summed E-state index contributed by atoms with van der Waals surface area (Å²) in [5, 5.41) is 9.23. The fraction of sp³-hybridized carbons (Fsp3) is 0.500. The number of amides is 2. The van der Waals surface area contributed by atoms with Crippen molar-refractivity contribution in [3.8, 4) is 0 Å². The number of aromatic nitrogens is 2. The number of alkyl halides is 3. The molecule has 10 heteroatoms. The molecule has 0 bridgehead atoms. The lowest BCUT2D eigenvalue weighted by atomic mass is 10.0. The Morgan fingerprint density at radius 2 is 1.75 bits per heavy atom. The Kier molecular flexibility index (Phi) is 7.55. The van der Waals surface area contributed by atoms with Crippen molar-refractivity contribution >= 4 is 11.9 Å². The predicted molar refractivity (Wildman–Crippen MR) is 113 cm³/mol. The topological polar surface area (TPSA) is 79.3 Å². The number of fused-ring (bicyclic) bond motifs is 1. The van der Waals surface area contributed by atoms with Crippen LogP contribution >= 0.6 is 0 Å². The zero-order chi connectivity index (χ0) is 23.3. The number of rotatable bonds is 3. The molecule has 1 saturated carbocycles. The van der Waals surface area contributed by atoms with Crippen molar-refractivity contribution in [3.05, 3.63) is 53.3 Å². The van der Waals surface area contributed by atoms with Crippen LogP contribution in [-0.4, -0.2) is 53.8 Å². The molecule has 0 spiro atoms. The minimum Gasteiger partial charge on any atom is -0.354 e. The van der Waals surface area contributed by atoms with E-state index >= 15 is 0 Å². The van der Waals surface area contributed by atoms with Crippen molar-refractivity contribution in [2.45, 2.75) is 32.0 Å². The molecule has 2 atom stereocenters. The SMILES string of the molecule is CNC(=O)c1ccn(C(=O)N2CC3CCCC3C2)n1.CNCc1ccccc1C(F)(F)F. The second kappa shape index (κ2) is 10.2. The van der Waals surface area contributed by atoms with E-state index in [0.717, 1.165) is 19.2 Å². The van der Waals surface area contributed by atoms with E-state index in [1.165, 1.54) is 36.1 Å². The third-order valence-corrected chi connectivity index (χ3v) is 5.93. The van der Waals surface area contributed by atoms with Gasteiger partial charge in [-0.1, -0.05) is 24.6 Å². The van der Waals surface area contributed by atoms with Crippen LogP contribution in [0, 0.1) is 11.8 Å². The van der Waals surface area contributed by atoms with Crippen LogP contribution in [0.1, 0.15) is 40.9 Å². The number of nitrogens with one attached hydrogen (secondary N) is 2. The molecule has 2 N–H and O–H groups in total. The van der Waals surface area contributed by atoms with Gasteiger partial charge >= 0.3 is 12.2 Å². The Morgan fingerprint density at radius 3 is 2.34 bits per heavy atom. The Labute approximate surface area is 185 Å². The van der Waals surface area contributed by atoms with Gasteiger partial charge < -0.3 is 15.5 Å². The highest BCUT2D eigenvalue weighted by Gasteiger charge is 2.38. The smallest absolute Gasteiger partial charge is 0.354 e. The number of benzene rings is 1. The number of carbonyl (C=O) groups is 2. The summed E-state index contributed by atoms with van der Waals surface area (Å²) in [4.78, 5) is 25.6. The van der Waals surface area contributed by atoms with E-state index in [-0.39, 0.29) is 29.7 Å². The van der Waals surface area contributed by atoms with Gasteiger partial charge in [0, 0.05) is 32.9 Å². The maximum atomic E-state index is 12.3. The number of nitrogens with zero attached hydrogens (tertiary/aromatic N) is 3. The summed E-state index contributed by atoms with van der Waals surface area (Å²) in [6.07, 6.45) is 1.06. The highest BCUT2D eigenvalue weighted by atomic mass is 19.4. The third-order valence-electron chi connectivity index (χ3n) is 5.93. The second-order valence-electron chi connectivity index (χ2n) is 8.05. The summed E-state index contributed by atoms with van der Waals surface area (Å²) < 4.78 is 38.3. The van der Waals surface area contributed by atoms with Crippen LogP contribution in [0.5, 0.6) is 0 Å². The summed E-state index contributed by atoms with van der Waals surface area (Å²) >= 11 is 0. The summed E-state index contributed by atoms with van der Waals surface area (Å²) in [7, 11) is 3.16. The summed E-state index contributed by atoms with van der Waals surface area (Å²) in [6, 6.07) is 6.99. The standard InChI is InChI=1S/C13H18N4O2.C9H10F3N/c1-14-12(18)11-5-6-17(15-11)13(19)16-7-9-3-2-4-10(9)8-16;1-13-6-7-4-2-3-5-8(7)9(10,11)12/h5-6,9-10H,2-4,7-8H2,1H3,(H,14,18);2-5,13H,6H2,1H3. The molecule has 7 nitrogen and oxygen atoms in total. The van der Waals surface area contributed by atoms with Crippen LogP contribution in [-0.2, 0) is 12.7 Å². The van der Waals surface area contributed by atoms with Crippen molar-refractivity contribution in [2.24, 2.45) is 11.8 Å². The zero-order valence-electron chi connectivity index (χ0n) is 18.2. The molecule has 1 aromatic heterocycles. The van der Waals surface area contributed by atoms with Gasteiger partial charge in [-0.05, 0) is 49.4 Å². The number of hydrogen-bond acceptors (Lipinski definition) is 4. The van der Waals surface area contributed by atoms with Gasteiger partial charge in [0.25, 0.3) is 5.91 Å². The molecule has 1 saturated heterocycles. The lowest BCUT2D eigenvalue weighted by molar-refractivity contribution is -0.138. The molecular weight excluding hydrogens is 423 g/mol. The predicted octanol–water partition coefficient (Wildman–Crippen LogP) is 3.37. The Bertz CT molecular complexity index is 932. The van der Waals surface area contributed by atoms with Gasteiger partial charge in [-0.15, -0.1) is 0 Å². The molecule has 4 rings (SSSR count). The van der Waals surface area contributed by atoms with Crippen LogP contribution in [0.3, 0.4) is 0 Å². The Balaban J connectivity index is 0.000000195. The first-order chi connectivity index (χ1) is 15.2. The first-order valence-electron chi connectivity index (χ1n) is 10.6. The molecule has 1 aliphatic carbocycles.